The van der Waals surface area contributed by atoms with Crippen LogP contribution in [0.3, 0.4) is 0 Å². The molecule has 0 saturated carbocycles. The van der Waals surface area contributed by atoms with E-state index in [9.17, 15) is 19.5 Å². The van der Waals surface area contributed by atoms with Gasteiger partial charge in [0.05, 0.1) is 11.3 Å². The summed E-state index contributed by atoms with van der Waals surface area (Å²) >= 11 is 6.11. The van der Waals surface area contributed by atoms with Crippen molar-refractivity contribution in [1.82, 2.24) is 0 Å². The van der Waals surface area contributed by atoms with Gasteiger partial charge in [-0.25, -0.2) is 4.79 Å². The van der Waals surface area contributed by atoms with Crippen molar-refractivity contribution < 1.29 is 24.2 Å². The summed E-state index contributed by atoms with van der Waals surface area (Å²) in [5, 5.41) is 12.6. The molecule has 2 aromatic rings. The Hall–Kier alpha value is -3.06. The molecule has 1 heterocycles. The van der Waals surface area contributed by atoms with Crippen molar-refractivity contribution in [3.8, 4) is 5.75 Å². The zero-order valence-corrected chi connectivity index (χ0v) is 17.2. The number of nitrogens with one attached hydrogen (secondary N) is 1. The third-order valence-electron chi connectivity index (χ3n) is 4.77. The van der Waals surface area contributed by atoms with Gasteiger partial charge < -0.3 is 15.2 Å². The highest BCUT2D eigenvalue weighted by Crippen LogP contribution is 2.39. The molecule has 1 atom stereocenters. The van der Waals surface area contributed by atoms with Crippen molar-refractivity contribution >= 4 is 40.8 Å². The number of amides is 2. The number of benzene rings is 2. The Bertz CT molecular complexity index is 1020. The molecule has 29 heavy (non-hydrogen) atoms. The molecule has 0 fully saturated rings. The highest BCUT2D eigenvalue weighted by molar-refractivity contribution is 6.31. The van der Waals surface area contributed by atoms with Crippen molar-refractivity contribution in [3.05, 3.63) is 52.5 Å². The third kappa shape index (κ3) is 3.91. The van der Waals surface area contributed by atoms with Gasteiger partial charge in [-0.05, 0) is 63.6 Å². The van der Waals surface area contributed by atoms with Gasteiger partial charge in [-0.15, -0.1) is 0 Å². The fourth-order valence-electron chi connectivity index (χ4n) is 3.06. The van der Waals surface area contributed by atoms with Crippen LogP contribution in [-0.4, -0.2) is 34.5 Å². The van der Waals surface area contributed by atoms with E-state index in [1.54, 1.807) is 39.0 Å². The van der Waals surface area contributed by atoms with Crippen molar-refractivity contribution in [2.24, 2.45) is 0 Å². The number of nitrogens with zero attached hydrogens (tertiary/aromatic N) is 1. The molecule has 1 aliphatic heterocycles. The maximum atomic E-state index is 13.0. The SMILES string of the molecule is Cc1ccc(NC(=O)C(C)N2C(=O)C(C)(C)Oc3ccc(C(=O)O)cc32)cc1Cl. The van der Waals surface area contributed by atoms with E-state index in [0.29, 0.717) is 16.5 Å². The van der Waals surface area contributed by atoms with E-state index in [2.05, 4.69) is 5.32 Å². The highest BCUT2D eigenvalue weighted by Gasteiger charge is 2.44. The summed E-state index contributed by atoms with van der Waals surface area (Å²) < 4.78 is 5.74. The molecule has 2 aromatic carbocycles. The standard InChI is InChI=1S/C21H21ClN2O5/c1-11-5-7-14(10-15(11)22)23-18(25)12(2)24-16-9-13(19(26)27)6-8-17(16)29-21(3,4)20(24)28/h5-10,12H,1-4H3,(H,23,25)(H,26,27). The molecule has 3 rings (SSSR count). The Morgan fingerprint density at radius 3 is 2.52 bits per heavy atom. The number of aryl methyl sites for hydroxylation is 1. The first-order chi connectivity index (χ1) is 13.5. The van der Waals surface area contributed by atoms with Crippen molar-refractivity contribution in [3.63, 3.8) is 0 Å². The van der Waals surface area contributed by atoms with Crippen molar-refractivity contribution in [2.45, 2.75) is 39.3 Å². The molecule has 7 nitrogen and oxygen atoms in total. The Morgan fingerprint density at radius 1 is 1.21 bits per heavy atom. The normalized spacial score (nSPS) is 15.9. The number of rotatable bonds is 4. The van der Waals surface area contributed by atoms with Gasteiger partial charge in [0.2, 0.25) is 5.91 Å². The lowest BCUT2D eigenvalue weighted by Crippen LogP contribution is -2.58. The van der Waals surface area contributed by atoms with Crippen LogP contribution in [0.15, 0.2) is 36.4 Å². The van der Waals surface area contributed by atoms with Crippen LogP contribution in [0.4, 0.5) is 11.4 Å². The Morgan fingerprint density at radius 2 is 1.90 bits per heavy atom. The van der Waals surface area contributed by atoms with Gasteiger partial charge in [0.25, 0.3) is 5.91 Å². The second kappa shape index (κ2) is 7.40. The van der Waals surface area contributed by atoms with E-state index in [1.807, 2.05) is 6.92 Å². The molecule has 2 N–H and O–H groups in total. The minimum atomic E-state index is -1.21. The summed E-state index contributed by atoms with van der Waals surface area (Å²) in [5.41, 5.74) is 0.385. The molecule has 1 aliphatic rings. The summed E-state index contributed by atoms with van der Waals surface area (Å²) in [6, 6.07) is 8.41. The second-order valence-electron chi connectivity index (χ2n) is 7.40. The largest absolute Gasteiger partial charge is 0.478 e. The van der Waals surface area contributed by atoms with Crippen LogP contribution in [-0.2, 0) is 9.59 Å². The summed E-state index contributed by atoms with van der Waals surface area (Å²) in [6.45, 7) is 6.62. The maximum absolute atomic E-state index is 13.0. The Balaban J connectivity index is 1.97. The topological polar surface area (TPSA) is 95.9 Å². The second-order valence-corrected chi connectivity index (χ2v) is 7.81. The molecule has 152 valence electrons. The number of carboxylic acid groups (broad SMARTS) is 1. The van der Waals surface area contributed by atoms with Gasteiger partial charge >= 0.3 is 5.97 Å². The minimum Gasteiger partial charge on any atom is -0.478 e. The number of carbonyl (C=O) groups excluding carboxylic acids is 2. The van der Waals surface area contributed by atoms with Gasteiger partial charge in [0.15, 0.2) is 5.60 Å². The van der Waals surface area contributed by atoms with Crippen LogP contribution < -0.4 is 15.0 Å². The van der Waals surface area contributed by atoms with E-state index in [-0.39, 0.29) is 11.3 Å². The zero-order valence-electron chi connectivity index (χ0n) is 16.4. The molecule has 8 heteroatoms. The van der Waals surface area contributed by atoms with Crippen LogP contribution in [0.2, 0.25) is 5.02 Å². The molecule has 0 saturated heterocycles. The number of fused-ring (bicyclic) bond motifs is 1. The minimum absolute atomic E-state index is 0.0113. The van der Waals surface area contributed by atoms with Gasteiger partial charge in [0, 0.05) is 10.7 Å². The lowest BCUT2D eigenvalue weighted by Gasteiger charge is -2.41. The predicted molar refractivity (Wildman–Crippen MR) is 110 cm³/mol. The number of carbonyl (C=O) groups is 3. The summed E-state index contributed by atoms with van der Waals surface area (Å²) in [4.78, 5) is 38.6. The third-order valence-corrected chi connectivity index (χ3v) is 5.18. The molecular formula is C21H21ClN2O5. The van der Waals surface area contributed by atoms with Crippen LogP contribution in [0.1, 0.15) is 36.7 Å². The van der Waals surface area contributed by atoms with E-state index >= 15 is 0 Å². The first-order valence-electron chi connectivity index (χ1n) is 8.98. The first-order valence-corrected chi connectivity index (χ1v) is 9.36. The number of ether oxygens (including phenoxy) is 1. The molecule has 0 aromatic heterocycles. The van der Waals surface area contributed by atoms with Gasteiger partial charge in [-0.3, -0.25) is 14.5 Å². The van der Waals surface area contributed by atoms with Crippen molar-refractivity contribution in [1.29, 1.82) is 0 Å². The highest BCUT2D eigenvalue weighted by atomic mass is 35.5. The summed E-state index contributed by atoms with van der Waals surface area (Å²) in [5.74, 6) is -1.70. The number of hydrogen-bond acceptors (Lipinski definition) is 4. The quantitative estimate of drug-likeness (QED) is 0.788. The monoisotopic (exact) mass is 416 g/mol. The van der Waals surface area contributed by atoms with Crippen LogP contribution in [0.25, 0.3) is 0 Å². The van der Waals surface area contributed by atoms with Gasteiger partial charge in [-0.1, -0.05) is 17.7 Å². The Kier molecular flexibility index (Phi) is 5.28. The molecular weight excluding hydrogens is 396 g/mol. The molecule has 0 radical (unpaired) electrons. The number of halogens is 1. The first kappa shape index (κ1) is 20.7. The van der Waals surface area contributed by atoms with E-state index in [0.717, 1.165) is 5.56 Å². The Labute approximate surface area is 173 Å². The zero-order chi connectivity index (χ0) is 21.5. The molecule has 2 amide bonds. The fraction of sp³-hybridized carbons (Fsp3) is 0.286. The molecule has 0 bridgehead atoms. The number of carboxylic acids is 1. The van der Waals surface area contributed by atoms with E-state index in [1.165, 1.54) is 23.1 Å². The predicted octanol–water partition coefficient (Wildman–Crippen LogP) is 3.88. The summed E-state index contributed by atoms with van der Waals surface area (Å²) in [7, 11) is 0. The van der Waals surface area contributed by atoms with Crippen LogP contribution in [0, 0.1) is 6.92 Å². The van der Waals surface area contributed by atoms with E-state index < -0.39 is 29.4 Å². The molecule has 0 spiro atoms. The van der Waals surface area contributed by atoms with Crippen LogP contribution in [0.5, 0.6) is 5.75 Å². The lowest BCUT2D eigenvalue weighted by molar-refractivity contribution is -0.134. The van der Waals surface area contributed by atoms with Gasteiger partial charge in [-0.2, -0.15) is 0 Å². The van der Waals surface area contributed by atoms with Crippen LogP contribution >= 0.6 is 11.6 Å². The lowest BCUT2D eigenvalue weighted by atomic mass is 10.0. The molecule has 1 unspecified atom stereocenters. The average molecular weight is 417 g/mol. The maximum Gasteiger partial charge on any atom is 0.335 e. The number of anilines is 2. The average Bonchev–Trinajstić information content (AvgIpc) is 2.64. The summed E-state index contributed by atoms with van der Waals surface area (Å²) in [6.07, 6.45) is 0. The number of hydrogen-bond donors (Lipinski definition) is 2. The number of aromatic carboxylic acids is 1. The molecule has 0 aliphatic carbocycles. The fourth-order valence-corrected chi connectivity index (χ4v) is 3.24. The van der Waals surface area contributed by atoms with E-state index in [4.69, 9.17) is 16.3 Å². The smallest absolute Gasteiger partial charge is 0.335 e. The van der Waals surface area contributed by atoms with Gasteiger partial charge in [0.1, 0.15) is 11.8 Å². The van der Waals surface area contributed by atoms with Crippen molar-refractivity contribution in [2.75, 3.05) is 10.2 Å².